The van der Waals surface area contributed by atoms with Crippen LogP contribution in [0.15, 0.2) is 109 Å². The van der Waals surface area contributed by atoms with Crippen molar-refractivity contribution in [1.82, 2.24) is 0 Å². The smallest absolute Gasteiger partial charge is 0.472 e. The first-order valence-corrected chi connectivity index (χ1v) is 23.6. The molecule has 0 fully saturated rings. The van der Waals surface area contributed by atoms with Crippen LogP contribution < -0.4 is 5.73 Å². The van der Waals surface area contributed by atoms with Gasteiger partial charge in [-0.15, -0.1) is 0 Å². The highest BCUT2D eigenvalue weighted by atomic mass is 31.2. The molecule has 0 heterocycles. The van der Waals surface area contributed by atoms with E-state index in [4.69, 9.17) is 24.8 Å². The van der Waals surface area contributed by atoms with Crippen molar-refractivity contribution >= 4 is 25.7 Å². The van der Waals surface area contributed by atoms with E-state index in [9.17, 15) is 34.1 Å². The Morgan fingerprint density at radius 2 is 1.06 bits per heavy atom. The van der Waals surface area contributed by atoms with Gasteiger partial charge < -0.3 is 35.4 Å². The van der Waals surface area contributed by atoms with E-state index in [1.54, 1.807) is 6.08 Å². The van der Waals surface area contributed by atoms with E-state index in [1.807, 2.05) is 30.4 Å². The Morgan fingerprint density at radius 3 is 1.58 bits per heavy atom. The third-order valence-corrected chi connectivity index (χ3v) is 9.67. The van der Waals surface area contributed by atoms with Gasteiger partial charge in [0.15, 0.2) is 6.10 Å². The predicted molar refractivity (Wildman–Crippen MR) is 247 cm³/mol. The maximum Gasteiger partial charge on any atom is 0.472 e. The zero-order chi connectivity index (χ0) is 45.9. The Kier molecular flexibility index (Phi) is 38.5. The summed E-state index contributed by atoms with van der Waals surface area (Å²) < 4.78 is 32.4. The van der Waals surface area contributed by atoms with Crippen LogP contribution in [0.3, 0.4) is 0 Å². The van der Waals surface area contributed by atoms with Crippen molar-refractivity contribution in [1.29, 1.82) is 0 Å². The molecule has 13 nitrogen and oxygen atoms in total. The molecule has 6 N–H and O–H groups in total. The largest absolute Gasteiger partial charge is 0.480 e. The Hall–Kier alpha value is -3.94. The van der Waals surface area contributed by atoms with E-state index in [0.29, 0.717) is 19.3 Å². The Balaban J connectivity index is 4.74. The van der Waals surface area contributed by atoms with Crippen LogP contribution >= 0.6 is 7.82 Å². The van der Waals surface area contributed by atoms with Crippen LogP contribution in [0.5, 0.6) is 0 Å². The highest BCUT2D eigenvalue weighted by molar-refractivity contribution is 7.47. The molecule has 0 aromatic heterocycles. The van der Waals surface area contributed by atoms with Crippen molar-refractivity contribution in [3.8, 4) is 0 Å². The number of hydrogen-bond acceptors (Lipinski definition) is 11. The molecule has 0 aromatic rings. The summed E-state index contributed by atoms with van der Waals surface area (Å²) in [6.45, 7) is 2.26. The van der Waals surface area contributed by atoms with Gasteiger partial charge in [0.05, 0.1) is 25.4 Å². The lowest BCUT2D eigenvalue weighted by Gasteiger charge is -2.20. The number of esters is 2. The lowest BCUT2D eigenvalue weighted by molar-refractivity contribution is -0.161. The summed E-state index contributed by atoms with van der Waals surface area (Å²) in [6.07, 6.45) is 46.2. The average molecular weight is 890 g/mol. The van der Waals surface area contributed by atoms with Gasteiger partial charge in [-0.3, -0.25) is 23.4 Å². The highest BCUT2D eigenvalue weighted by Gasteiger charge is 2.28. The molecular formula is C48H76NO12P. The molecule has 0 bridgehead atoms. The number of carbonyl (C=O) groups excluding carboxylic acids is 2. The zero-order valence-electron chi connectivity index (χ0n) is 37.1. The van der Waals surface area contributed by atoms with Crippen molar-refractivity contribution in [3.05, 3.63) is 109 Å². The molecule has 0 saturated heterocycles. The fraction of sp³-hybridized carbons (Fsp3) is 0.562. The molecule has 3 unspecified atom stereocenters. The van der Waals surface area contributed by atoms with Crippen LogP contribution in [0.2, 0.25) is 0 Å². The molecule has 0 aliphatic rings. The third kappa shape index (κ3) is 38.9. The first kappa shape index (κ1) is 58.1. The lowest BCUT2D eigenvalue weighted by atomic mass is 10.0. The Labute approximate surface area is 371 Å². The summed E-state index contributed by atoms with van der Waals surface area (Å²) in [5.74, 6) is -2.83. The minimum Gasteiger partial charge on any atom is -0.480 e. The monoisotopic (exact) mass is 890 g/mol. The molecule has 0 radical (unpaired) electrons. The van der Waals surface area contributed by atoms with Crippen molar-refractivity contribution < 1.29 is 57.7 Å². The van der Waals surface area contributed by atoms with E-state index < -0.39 is 69.9 Å². The first-order valence-electron chi connectivity index (χ1n) is 22.1. The fourth-order valence-electron chi connectivity index (χ4n) is 5.13. The maximum atomic E-state index is 12.7. The third-order valence-electron chi connectivity index (χ3n) is 8.72. The Bertz CT molecular complexity index is 1500. The summed E-state index contributed by atoms with van der Waals surface area (Å²) in [6, 6.07) is -1.58. The second-order valence-electron chi connectivity index (χ2n) is 14.4. The summed E-state index contributed by atoms with van der Waals surface area (Å²) in [5, 5.41) is 29.6. The zero-order valence-corrected chi connectivity index (χ0v) is 38.0. The van der Waals surface area contributed by atoms with Gasteiger partial charge >= 0.3 is 25.7 Å². The average Bonchev–Trinajstić information content (AvgIpc) is 3.24. The molecule has 14 heteroatoms. The van der Waals surface area contributed by atoms with Crippen LogP contribution in [0.25, 0.3) is 0 Å². The fourth-order valence-corrected chi connectivity index (χ4v) is 5.91. The van der Waals surface area contributed by atoms with Gasteiger partial charge in [0, 0.05) is 12.8 Å². The van der Waals surface area contributed by atoms with Crippen LogP contribution in [-0.4, -0.2) is 82.3 Å². The quantitative estimate of drug-likeness (QED) is 0.0169. The number of nitrogens with two attached hydrogens (primary N) is 1. The van der Waals surface area contributed by atoms with Gasteiger partial charge in [-0.25, -0.2) is 4.57 Å². The summed E-state index contributed by atoms with van der Waals surface area (Å²) in [7, 11) is -4.82. The van der Waals surface area contributed by atoms with Gasteiger partial charge in [0.25, 0.3) is 0 Å². The summed E-state index contributed by atoms with van der Waals surface area (Å²) in [5.41, 5.74) is 5.31. The number of unbranched alkanes of at least 4 members (excludes halogenated alkanes) is 3. The number of rotatable bonds is 39. The van der Waals surface area contributed by atoms with Crippen molar-refractivity contribution in [2.75, 3.05) is 19.8 Å². The lowest BCUT2D eigenvalue weighted by Crippen LogP contribution is -2.34. The number of ether oxygens (including phenoxy) is 2. The molecule has 0 aliphatic heterocycles. The number of allylic oxidation sites excluding steroid dienone is 17. The molecule has 0 spiro atoms. The number of carboxylic acid groups (broad SMARTS) is 1. The van der Waals surface area contributed by atoms with Gasteiger partial charge in [0.1, 0.15) is 12.6 Å². The molecule has 0 amide bonds. The second kappa shape index (κ2) is 41.1. The summed E-state index contributed by atoms with van der Waals surface area (Å²) >= 11 is 0. The molecule has 0 saturated carbocycles. The number of phosphoric ester groups is 1. The van der Waals surface area contributed by atoms with Crippen molar-refractivity contribution in [3.63, 3.8) is 0 Å². The van der Waals surface area contributed by atoms with Gasteiger partial charge in [-0.1, -0.05) is 136 Å². The van der Waals surface area contributed by atoms with E-state index >= 15 is 0 Å². The van der Waals surface area contributed by atoms with Crippen LogP contribution in [-0.2, 0) is 37.5 Å². The standard InChI is InChI=1S/C48H76NO12P/c1-3-5-7-9-11-13-15-17-18-19-20-21-22-23-25-27-29-31-33-37-46(52)58-39-42(40-59-62(56,57)60-41-43(49)48(54)55)61-47(53)38-34-36-45(51)44(50)35-32-30-28-26-24-16-14-12-10-8-6-4-2/h5,7,11-14,17-18,20-21,23-26,29-32,42-45,50-51H,3-4,6,8-10,15-16,19,22,27-28,33-41,49H2,1-2H3,(H,54,55)(H,56,57)/b7-5-,13-11-,14-12-,18-17-,21-20-,25-23-,26-24-,31-29-,32-30-/t42-,43+,44?,45?/m1/s1. The topological polar surface area (TPSA) is 212 Å². The van der Waals surface area contributed by atoms with Crippen LogP contribution in [0, 0.1) is 0 Å². The second-order valence-corrected chi connectivity index (χ2v) is 15.9. The molecule has 62 heavy (non-hydrogen) atoms. The van der Waals surface area contributed by atoms with Gasteiger partial charge in [-0.05, 0) is 89.9 Å². The molecular weight excluding hydrogens is 813 g/mol. The number of aliphatic hydroxyl groups excluding tert-OH is 2. The molecule has 5 atom stereocenters. The van der Waals surface area contributed by atoms with Gasteiger partial charge in [-0.2, -0.15) is 0 Å². The SMILES string of the molecule is CC/C=C\C/C=C\C/C=C\C/C=C\C/C=C\C/C=C\CCC(=O)OC[C@H](COP(=O)(O)OC[C@H](N)C(=O)O)OC(=O)CCCC(O)C(O)C/C=C\C/C=C\C/C=C\CCCCC. The number of aliphatic hydroxyl groups is 2. The molecule has 0 aromatic carbocycles. The number of carbonyl (C=O) groups is 3. The number of aliphatic carboxylic acids is 1. The first-order chi connectivity index (χ1) is 29.9. The van der Waals surface area contributed by atoms with E-state index in [-0.39, 0.29) is 32.1 Å². The van der Waals surface area contributed by atoms with Crippen LogP contribution in [0.1, 0.15) is 129 Å². The number of carboxylic acids is 1. The maximum absolute atomic E-state index is 12.7. The Morgan fingerprint density at radius 1 is 0.581 bits per heavy atom. The molecule has 0 rings (SSSR count). The summed E-state index contributed by atoms with van der Waals surface area (Å²) in [4.78, 5) is 46.0. The minimum atomic E-state index is -4.82. The van der Waals surface area contributed by atoms with Gasteiger partial charge in [0.2, 0.25) is 0 Å². The van der Waals surface area contributed by atoms with E-state index in [1.165, 1.54) is 19.3 Å². The molecule has 0 aliphatic carbocycles. The number of phosphoric acid groups is 1. The van der Waals surface area contributed by atoms with Crippen LogP contribution in [0.4, 0.5) is 0 Å². The minimum absolute atomic E-state index is 0.0291. The highest BCUT2D eigenvalue weighted by Crippen LogP contribution is 2.43. The predicted octanol–water partition coefficient (Wildman–Crippen LogP) is 9.78. The normalized spacial score (nSPS) is 15.7. The van der Waals surface area contributed by atoms with E-state index in [0.717, 1.165) is 44.9 Å². The molecule has 350 valence electrons. The van der Waals surface area contributed by atoms with Crippen molar-refractivity contribution in [2.45, 2.75) is 154 Å². The van der Waals surface area contributed by atoms with Crippen molar-refractivity contribution in [2.24, 2.45) is 5.73 Å². The number of hydrogen-bond donors (Lipinski definition) is 5. The van der Waals surface area contributed by atoms with E-state index in [2.05, 4.69) is 91.3 Å².